The number of aryl methyl sites for hydroxylation is 2. The van der Waals surface area contributed by atoms with E-state index < -0.39 is 0 Å². The molecule has 1 amide bonds. The minimum absolute atomic E-state index is 0.0700. The second-order valence-electron chi connectivity index (χ2n) is 7.81. The summed E-state index contributed by atoms with van der Waals surface area (Å²) in [7, 11) is 1.96. The van der Waals surface area contributed by atoms with Crippen LogP contribution in [-0.4, -0.2) is 35.9 Å². The summed E-state index contributed by atoms with van der Waals surface area (Å²) in [6, 6.07) is 0. The van der Waals surface area contributed by atoms with Gasteiger partial charge >= 0.3 is 0 Å². The number of carbonyl (C=O) groups is 1. The van der Waals surface area contributed by atoms with Gasteiger partial charge in [-0.1, -0.05) is 6.42 Å². The highest BCUT2D eigenvalue weighted by Crippen LogP contribution is 2.35. The van der Waals surface area contributed by atoms with Crippen LogP contribution in [0.25, 0.3) is 10.2 Å². The molecule has 2 N–H and O–H groups in total. The van der Waals surface area contributed by atoms with Crippen molar-refractivity contribution < 1.29 is 4.79 Å². The number of carbonyl (C=O) groups excluding carboxylic acids is 1. The molecule has 10 heteroatoms. The first-order chi connectivity index (χ1) is 14.3. The first-order valence-electron chi connectivity index (χ1n) is 10.1. The number of fused-ring (bicyclic) bond motifs is 1. The molecule has 1 aliphatic rings. The maximum Gasteiger partial charge on any atom is 0.259 e. The molecule has 30 heavy (non-hydrogen) atoms. The van der Waals surface area contributed by atoms with Crippen LogP contribution < -0.4 is 10.9 Å². The molecule has 1 fully saturated rings. The van der Waals surface area contributed by atoms with E-state index in [2.05, 4.69) is 25.5 Å². The average molecular weight is 447 g/mol. The predicted octanol–water partition coefficient (Wildman–Crippen LogP) is 2.94. The molecule has 1 saturated carbocycles. The molecule has 0 aliphatic heterocycles. The molecule has 3 heterocycles. The lowest BCUT2D eigenvalue weighted by atomic mass is 9.85. The van der Waals surface area contributed by atoms with Gasteiger partial charge in [0.05, 0.1) is 22.9 Å². The van der Waals surface area contributed by atoms with Crippen molar-refractivity contribution >= 4 is 39.2 Å². The molecular weight excluding hydrogens is 420 g/mol. The molecule has 3 aromatic rings. The van der Waals surface area contributed by atoms with Crippen LogP contribution in [0.5, 0.6) is 0 Å². The van der Waals surface area contributed by atoms with Crippen molar-refractivity contribution in [1.82, 2.24) is 30.0 Å². The number of amides is 1. The van der Waals surface area contributed by atoms with E-state index in [0.29, 0.717) is 29.4 Å². The third-order valence-electron chi connectivity index (χ3n) is 5.82. The summed E-state index contributed by atoms with van der Waals surface area (Å²) in [5.74, 6) is 3.27. The first-order valence-corrected chi connectivity index (χ1v) is 12.0. The number of nitrogens with zero attached hydrogens (tertiary/aromatic N) is 4. The van der Waals surface area contributed by atoms with Crippen molar-refractivity contribution in [2.75, 3.05) is 0 Å². The molecule has 4 rings (SSSR count). The molecule has 0 bridgehead atoms. The number of thiophene rings is 1. The normalized spacial score (nSPS) is 15.3. The monoisotopic (exact) mass is 446 g/mol. The number of hydrogen-bond acceptors (Lipinski definition) is 7. The topological polar surface area (TPSA) is 106 Å². The molecule has 1 aliphatic carbocycles. The molecular formula is C20H26N6O2S2. The van der Waals surface area contributed by atoms with Crippen LogP contribution in [0.1, 0.15) is 60.0 Å². The van der Waals surface area contributed by atoms with E-state index in [1.54, 1.807) is 0 Å². The van der Waals surface area contributed by atoms with Crippen LogP contribution in [0.3, 0.4) is 0 Å². The smallest absolute Gasteiger partial charge is 0.259 e. The minimum Gasteiger partial charge on any atom is -0.348 e. The van der Waals surface area contributed by atoms with Crippen molar-refractivity contribution in [3.05, 3.63) is 38.3 Å². The largest absolute Gasteiger partial charge is 0.348 e. The van der Waals surface area contributed by atoms with Gasteiger partial charge in [-0.2, -0.15) is 0 Å². The Morgan fingerprint density at radius 3 is 2.83 bits per heavy atom. The van der Waals surface area contributed by atoms with Gasteiger partial charge in [-0.05, 0) is 39.2 Å². The fraction of sp³-hybridized carbons (Fsp3) is 0.550. The highest BCUT2D eigenvalue weighted by Gasteiger charge is 2.25. The Morgan fingerprint density at radius 1 is 1.37 bits per heavy atom. The molecule has 1 atom stereocenters. The Kier molecular flexibility index (Phi) is 5.97. The van der Waals surface area contributed by atoms with Crippen molar-refractivity contribution in [2.24, 2.45) is 7.05 Å². The third kappa shape index (κ3) is 4.02. The summed E-state index contributed by atoms with van der Waals surface area (Å²) in [4.78, 5) is 34.2. The van der Waals surface area contributed by atoms with Gasteiger partial charge in [-0.15, -0.1) is 33.3 Å². The van der Waals surface area contributed by atoms with Crippen LogP contribution in [-0.2, 0) is 24.1 Å². The van der Waals surface area contributed by atoms with E-state index in [0.717, 1.165) is 26.9 Å². The fourth-order valence-corrected chi connectivity index (χ4v) is 5.34. The number of thioether (sulfide) groups is 1. The number of hydrogen-bond donors (Lipinski definition) is 2. The Balaban J connectivity index is 1.33. The molecule has 3 aromatic heterocycles. The van der Waals surface area contributed by atoms with Gasteiger partial charge in [0, 0.05) is 17.8 Å². The molecule has 160 valence electrons. The number of nitrogens with one attached hydrogen (secondary N) is 2. The molecule has 0 saturated heterocycles. The standard InChI is InChI=1S/C20H26N6O2S2/c1-10-11(2)30-20-16(10)19(28)22-14(23-20)9-29-12(3)18(27)21-8-15-24-25-17(26(15)4)13-6-5-7-13/h12-13H,5-9H2,1-4H3,(H,21,27)(H,22,23,28)/t12-/m1/s1. The molecule has 8 nitrogen and oxygen atoms in total. The van der Waals surface area contributed by atoms with E-state index >= 15 is 0 Å². The van der Waals surface area contributed by atoms with E-state index in [4.69, 9.17) is 0 Å². The number of aromatic amines is 1. The first kappa shape index (κ1) is 21.0. The number of rotatable bonds is 7. The van der Waals surface area contributed by atoms with Crippen LogP contribution in [0, 0.1) is 13.8 Å². The zero-order valence-electron chi connectivity index (χ0n) is 17.6. The lowest BCUT2D eigenvalue weighted by Gasteiger charge is -2.24. The summed E-state index contributed by atoms with van der Waals surface area (Å²) in [6.07, 6.45) is 3.58. The minimum atomic E-state index is -0.280. The molecule has 0 spiro atoms. The van der Waals surface area contributed by atoms with Gasteiger partial charge in [0.15, 0.2) is 5.82 Å². The Hall–Kier alpha value is -2.20. The van der Waals surface area contributed by atoms with Gasteiger partial charge in [0.25, 0.3) is 5.56 Å². The Bertz CT molecular complexity index is 1140. The molecule has 0 unspecified atom stereocenters. The highest BCUT2D eigenvalue weighted by molar-refractivity contribution is 7.99. The van der Waals surface area contributed by atoms with Crippen molar-refractivity contribution in [3.8, 4) is 0 Å². The summed E-state index contributed by atoms with van der Waals surface area (Å²) in [5.41, 5.74) is 0.874. The SMILES string of the molecule is Cc1sc2nc(CS[C@H](C)C(=O)NCc3nnc(C4CCC4)n3C)[nH]c(=O)c2c1C. The van der Waals surface area contributed by atoms with E-state index in [1.165, 1.54) is 42.4 Å². The summed E-state index contributed by atoms with van der Waals surface area (Å²) in [5, 5.41) is 11.9. The third-order valence-corrected chi connectivity index (χ3v) is 8.07. The number of aromatic nitrogens is 5. The zero-order chi connectivity index (χ0) is 21.4. The van der Waals surface area contributed by atoms with Crippen LogP contribution in [0.15, 0.2) is 4.79 Å². The van der Waals surface area contributed by atoms with Crippen molar-refractivity contribution in [3.63, 3.8) is 0 Å². The van der Waals surface area contributed by atoms with Gasteiger partial charge in [-0.3, -0.25) is 9.59 Å². The van der Waals surface area contributed by atoms with Gasteiger partial charge in [0.1, 0.15) is 16.5 Å². The van der Waals surface area contributed by atoms with Crippen LogP contribution in [0.2, 0.25) is 0 Å². The Morgan fingerprint density at radius 2 is 2.13 bits per heavy atom. The van der Waals surface area contributed by atoms with E-state index in [-0.39, 0.29) is 16.7 Å². The highest BCUT2D eigenvalue weighted by atomic mass is 32.2. The lowest BCUT2D eigenvalue weighted by Crippen LogP contribution is -2.31. The average Bonchev–Trinajstić information content (AvgIpc) is 3.16. The van der Waals surface area contributed by atoms with E-state index in [1.807, 2.05) is 32.4 Å². The second kappa shape index (κ2) is 8.50. The fourth-order valence-electron chi connectivity index (χ4n) is 3.51. The van der Waals surface area contributed by atoms with E-state index in [9.17, 15) is 9.59 Å². The lowest BCUT2D eigenvalue weighted by molar-refractivity contribution is -0.120. The quantitative estimate of drug-likeness (QED) is 0.578. The van der Waals surface area contributed by atoms with Crippen LogP contribution >= 0.6 is 23.1 Å². The summed E-state index contributed by atoms with van der Waals surface area (Å²) >= 11 is 2.97. The van der Waals surface area contributed by atoms with Gasteiger partial charge in [0.2, 0.25) is 5.91 Å². The summed E-state index contributed by atoms with van der Waals surface area (Å²) < 4.78 is 2.00. The summed E-state index contributed by atoms with van der Waals surface area (Å²) in [6.45, 7) is 6.15. The van der Waals surface area contributed by atoms with Crippen molar-refractivity contribution in [1.29, 1.82) is 0 Å². The molecule has 0 aromatic carbocycles. The number of H-pyrrole nitrogens is 1. The van der Waals surface area contributed by atoms with Crippen molar-refractivity contribution in [2.45, 2.75) is 63.5 Å². The zero-order valence-corrected chi connectivity index (χ0v) is 19.2. The Labute approximate surface area is 182 Å². The van der Waals surface area contributed by atoms with Gasteiger partial charge in [-0.25, -0.2) is 4.98 Å². The van der Waals surface area contributed by atoms with Crippen LogP contribution in [0.4, 0.5) is 0 Å². The maximum absolute atomic E-state index is 12.5. The second-order valence-corrected chi connectivity index (χ2v) is 10.3. The maximum atomic E-state index is 12.5. The predicted molar refractivity (Wildman–Crippen MR) is 120 cm³/mol. The molecule has 0 radical (unpaired) electrons. The van der Waals surface area contributed by atoms with Gasteiger partial charge < -0.3 is 14.9 Å².